The molecule has 9 heteroatoms. The van der Waals surface area contributed by atoms with Crippen LogP contribution in [0, 0.1) is 45.8 Å². The number of allylic oxidation sites excluding steroid dienone is 1. The summed E-state index contributed by atoms with van der Waals surface area (Å²) in [4.78, 5) is 38.7. The van der Waals surface area contributed by atoms with Gasteiger partial charge in [-0.2, -0.15) is 0 Å². The fourth-order valence-corrected chi connectivity index (χ4v) is 9.64. The second kappa shape index (κ2) is 9.39. The highest BCUT2D eigenvalue weighted by Crippen LogP contribution is 2.82. The molecule has 0 aromatic rings. The van der Waals surface area contributed by atoms with E-state index in [2.05, 4.69) is 13.0 Å². The number of hydrogen-bond acceptors (Lipinski definition) is 8. The van der Waals surface area contributed by atoms with Crippen molar-refractivity contribution in [3.8, 4) is 0 Å². The molecular formula is C29H42O9. The van der Waals surface area contributed by atoms with Gasteiger partial charge in [0.15, 0.2) is 12.4 Å². The van der Waals surface area contributed by atoms with Crippen LogP contribution in [0.3, 0.4) is 0 Å². The molecule has 0 aromatic carbocycles. The van der Waals surface area contributed by atoms with Crippen LogP contribution in [-0.4, -0.2) is 72.9 Å². The number of fused-ring (bicyclic) bond motifs is 2. The summed E-state index contributed by atoms with van der Waals surface area (Å²) in [7, 11) is 1.45. The van der Waals surface area contributed by atoms with Crippen LogP contribution in [-0.2, 0) is 33.3 Å². The van der Waals surface area contributed by atoms with Gasteiger partial charge in [-0.05, 0) is 55.8 Å². The molecule has 0 radical (unpaired) electrons. The fraction of sp³-hybridized carbons (Fsp3) is 0.828. The number of carboxylic acids is 1. The summed E-state index contributed by atoms with van der Waals surface area (Å²) in [6, 6.07) is 0. The Labute approximate surface area is 224 Å². The molecule has 3 saturated carbocycles. The van der Waals surface area contributed by atoms with Crippen LogP contribution >= 0.6 is 0 Å². The van der Waals surface area contributed by atoms with Gasteiger partial charge < -0.3 is 34.0 Å². The summed E-state index contributed by atoms with van der Waals surface area (Å²) in [5.74, 6) is -1.11. The number of aldehydes is 1. The van der Waals surface area contributed by atoms with Gasteiger partial charge in [-0.15, -0.1) is 0 Å². The molecule has 1 saturated heterocycles. The first-order chi connectivity index (χ1) is 17.9. The molecule has 0 spiro atoms. The van der Waals surface area contributed by atoms with Crippen molar-refractivity contribution in [3.05, 3.63) is 11.6 Å². The summed E-state index contributed by atoms with van der Waals surface area (Å²) in [6.07, 6.45) is 1.35. The van der Waals surface area contributed by atoms with Crippen LogP contribution in [0.5, 0.6) is 0 Å². The van der Waals surface area contributed by atoms with Gasteiger partial charge >= 0.3 is 11.9 Å². The third kappa shape index (κ3) is 3.34. The van der Waals surface area contributed by atoms with Crippen molar-refractivity contribution in [1.29, 1.82) is 0 Å². The summed E-state index contributed by atoms with van der Waals surface area (Å²) in [6.45, 7) is 9.21. The Morgan fingerprint density at radius 1 is 1.21 bits per heavy atom. The summed E-state index contributed by atoms with van der Waals surface area (Å²) in [5.41, 5.74) is -2.40. The van der Waals surface area contributed by atoms with Crippen LogP contribution < -0.4 is 0 Å². The zero-order chi connectivity index (χ0) is 27.8. The van der Waals surface area contributed by atoms with Gasteiger partial charge in [0.05, 0.1) is 18.1 Å². The van der Waals surface area contributed by atoms with Crippen LogP contribution in [0.25, 0.3) is 0 Å². The maximum Gasteiger partial charge on any atom is 0.315 e. The van der Waals surface area contributed by atoms with E-state index in [-0.39, 0.29) is 30.3 Å². The molecule has 0 aromatic heterocycles. The predicted molar refractivity (Wildman–Crippen MR) is 135 cm³/mol. The van der Waals surface area contributed by atoms with Gasteiger partial charge in [0.2, 0.25) is 0 Å². The number of rotatable bonds is 8. The molecule has 38 heavy (non-hydrogen) atoms. The van der Waals surface area contributed by atoms with E-state index < -0.39 is 58.9 Å². The summed E-state index contributed by atoms with van der Waals surface area (Å²) < 4.78 is 23.3. The third-order valence-electron chi connectivity index (χ3n) is 11.0. The van der Waals surface area contributed by atoms with Crippen molar-refractivity contribution < 1.29 is 43.5 Å². The molecular weight excluding hydrogens is 492 g/mol. The average molecular weight is 535 g/mol. The fourth-order valence-electron chi connectivity index (χ4n) is 9.64. The van der Waals surface area contributed by atoms with Crippen LogP contribution in [0.2, 0.25) is 0 Å². The van der Waals surface area contributed by atoms with Crippen molar-refractivity contribution in [2.45, 2.75) is 91.0 Å². The highest BCUT2D eigenvalue weighted by Gasteiger charge is 2.84. The smallest absolute Gasteiger partial charge is 0.315 e. The van der Waals surface area contributed by atoms with Crippen molar-refractivity contribution in [2.24, 2.45) is 45.8 Å². The second-order valence-corrected chi connectivity index (χ2v) is 12.8. The molecule has 12 atom stereocenters. The van der Waals surface area contributed by atoms with E-state index in [1.807, 2.05) is 13.8 Å². The van der Waals surface area contributed by atoms with Gasteiger partial charge in [0, 0.05) is 19.4 Å². The van der Waals surface area contributed by atoms with E-state index in [0.717, 1.165) is 24.7 Å². The molecule has 212 valence electrons. The monoisotopic (exact) mass is 534 g/mol. The van der Waals surface area contributed by atoms with E-state index in [9.17, 15) is 24.6 Å². The number of methoxy groups -OCH3 is 1. The molecule has 5 rings (SSSR count). The molecule has 9 nitrogen and oxygen atoms in total. The SMILES string of the molecule is CO[C@H]1[C@@H](O)[C@H](OC(C)=O)[C@H](OC[C@@]23C[C@@H]4[C@H](C)CC[C@H]4[C@@]4(C=O)C[C@H]2C=C(C(C)C)[C@@]34C(=O)O)O[C@@H]1C. The molecule has 4 bridgehead atoms. The number of carboxylic acid groups (broad SMARTS) is 1. The topological polar surface area (TPSA) is 129 Å². The van der Waals surface area contributed by atoms with E-state index in [1.54, 1.807) is 6.92 Å². The van der Waals surface area contributed by atoms with E-state index in [4.69, 9.17) is 18.9 Å². The molecule has 4 fully saturated rings. The number of carbonyl (C=O) groups excluding carboxylic acids is 2. The van der Waals surface area contributed by atoms with Gasteiger partial charge in [0.1, 0.15) is 23.9 Å². The number of aliphatic hydroxyl groups is 1. The Morgan fingerprint density at radius 2 is 1.92 bits per heavy atom. The average Bonchev–Trinajstić information content (AvgIpc) is 3.42. The number of esters is 1. The van der Waals surface area contributed by atoms with Crippen LogP contribution in [0.1, 0.15) is 60.3 Å². The van der Waals surface area contributed by atoms with Crippen LogP contribution in [0.15, 0.2) is 11.6 Å². The van der Waals surface area contributed by atoms with Crippen molar-refractivity contribution in [1.82, 2.24) is 0 Å². The number of carbonyl (C=O) groups is 3. The third-order valence-corrected chi connectivity index (χ3v) is 11.0. The van der Waals surface area contributed by atoms with Crippen molar-refractivity contribution >= 4 is 18.2 Å². The number of aliphatic hydroxyl groups excluding tert-OH is 1. The Morgan fingerprint density at radius 3 is 2.50 bits per heavy atom. The normalized spacial score (nSPS) is 49.1. The Balaban J connectivity index is 1.57. The molecule has 1 aliphatic heterocycles. The van der Waals surface area contributed by atoms with Crippen molar-refractivity contribution in [2.75, 3.05) is 13.7 Å². The Bertz CT molecular complexity index is 1020. The zero-order valence-electron chi connectivity index (χ0n) is 23.2. The number of aliphatic carboxylic acids is 1. The first kappa shape index (κ1) is 27.7. The van der Waals surface area contributed by atoms with Gasteiger partial charge in [-0.25, -0.2) is 0 Å². The largest absolute Gasteiger partial charge is 0.481 e. The number of hydrogen-bond donors (Lipinski definition) is 2. The Kier molecular flexibility index (Phi) is 6.86. The van der Waals surface area contributed by atoms with E-state index in [1.165, 1.54) is 14.0 Å². The van der Waals surface area contributed by atoms with Gasteiger partial charge in [-0.3, -0.25) is 9.59 Å². The summed E-state index contributed by atoms with van der Waals surface area (Å²) in [5, 5.41) is 22.1. The maximum atomic E-state index is 13.6. The van der Waals surface area contributed by atoms with Crippen LogP contribution in [0.4, 0.5) is 0 Å². The lowest BCUT2D eigenvalue weighted by Crippen LogP contribution is -2.64. The molecule has 5 aliphatic rings. The molecule has 4 aliphatic carbocycles. The highest BCUT2D eigenvalue weighted by molar-refractivity contribution is 5.90. The van der Waals surface area contributed by atoms with E-state index in [0.29, 0.717) is 18.8 Å². The number of ether oxygens (including phenoxy) is 4. The highest BCUT2D eigenvalue weighted by atomic mass is 16.7. The summed E-state index contributed by atoms with van der Waals surface area (Å²) >= 11 is 0. The zero-order valence-corrected chi connectivity index (χ0v) is 23.2. The quantitative estimate of drug-likeness (QED) is 0.274. The predicted octanol–water partition coefficient (Wildman–Crippen LogP) is 2.98. The van der Waals surface area contributed by atoms with Gasteiger partial charge in [-0.1, -0.05) is 38.8 Å². The molecule has 0 amide bonds. The minimum absolute atomic E-state index is 0.0156. The first-order valence-corrected chi connectivity index (χ1v) is 14.0. The minimum Gasteiger partial charge on any atom is -0.481 e. The second-order valence-electron chi connectivity index (χ2n) is 12.8. The lowest BCUT2D eigenvalue weighted by molar-refractivity contribution is -0.309. The minimum atomic E-state index is -1.38. The maximum absolute atomic E-state index is 13.6. The Hall–Kier alpha value is -1.81. The molecule has 0 unspecified atom stereocenters. The van der Waals surface area contributed by atoms with Gasteiger partial charge in [0.25, 0.3) is 0 Å². The molecule has 1 heterocycles. The standard InChI is InChI=1S/C29H42O9/c1-14(2)21-9-18-10-27(12-30)20-8-7-15(3)19(20)11-28(18,29(21,27)26(33)34)13-36-25-24(38-17(5)31)22(32)23(35-6)16(4)37-25/h9,12,14-16,18-20,22-25,32H,7-8,10-11,13H2,1-6H3,(H,33,34)/t15-,16-,18-,19-,20-,22-,23-,24+,25-,27+,28+,29+/m1/s1. The molecule has 2 N–H and O–H groups in total. The van der Waals surface area contributed by atoms with E-state index >= 15 is 0 Å². The lowest BCUT2D eigenvalue weighted by atomic mass is 9.43. The first-order valence-electron chi connectivity index (χ1n) is 14.0. The van der Waals surface area contributed by atoms with Crippen molar-refractivity contribution in [3.63, 3.8) is 0 Å². The lowest BCUT2D eigenvalue weighted by Gasteiger charge is -2.58.